The number of aromatic nitrogens is 1. The molecule has 6 heteroatoms. The van der Waals surface area contributed by atoms with Gasteiger partial charge >= 0.3 is 5.97 Å². The number of phenolic OH excluding ortho intramolecular Hbond substituents is 1. The number of nitrogens with zero attached hydrogens (tertiary/aromatic N) is 1. The lowest BCUT2D eigenvalue weighted by molar-refractivity contribution is 0.0686. The summed E-state index contributed by atoms with van der Waals surface area (Å²) in [6, 6.07) is 4.60. The van der Waals surface area contributed by atoms with Gasteiger partial charge in [0.05, 0.1) is 18.8 Å². The molecule has 0 spiro atoms. The molecule has 0 aliphatic carbocycles. The fraction of sp³-hybridized carbons (Fsp3) is 0.167. The van der Waals surface area contributed by atoms with E-state index in [0.29, 0.717) is 18.8 Å². The van der Waals surface area contributed by atoms with Gasteiger partial charge in [-0.25, -0.2) is 4.79 Å². The van der Waals surface area contributed by atoms with Gasteiger partial charge in [-0.2, -0.15) is 0 Å². The van der Waals surface area contributed by atoms with Crippen LogP contribution in [0.3, 0.4) is 0 Å². The first-order valence-electron chi connectivity index (χ1n) is 5.28. The smallest absolute Gasteiger partial charge is 0.358 e. The second-order valence-electron chi connectivity index (χ2n) is 4.01. The number of ether oxygens (including phenoxy) is 1. The van der Waals surface area contributed by atoms with Gasteiger partial charge in [-0.1, -0.05) is 5.16 Å². The zero-order chi connectivity index (χ0) is 12.7. The molecule has 0 saturated carbocycles. The molecular weight excluding hydrogens is 238 g/mol. The van der Waals surface area contributed by atoms with Crippen molar-refractivity contribution in [2.24, 2.45) is 0 Å². The van der Waals surface area contributed by atoms with Crippen molar-refractivity contribution in [1.82, 2.24) is 5.16 Å². The summed E-state index contributed by atoms with van der Waals surface area (Å²) in [5, 5.41) is 22.1. The molecule has 3 rings (SSSR count). The lowest BCUT2D eigenvalue weighted by atomic mass is 10.0. The number of phenols is 1. The fourth-order valence-corrected chi connectivity index (χ4v) is 1.92. The average molecular weight is 247 g/mol. The van der Waals surface area contributed by atoms with Crippen LogP contribution in [0.5, 0.6) is 5.75 Å². The highest BCUT2D eigenvalue weighted by atomic mass is 16.5. The largest absolute Gasteiger partial charge is 0.507 e. The standard InChI is InChI=1S/C12H9NO5/c14-10-2-7-5-17-4-6(7)1-8(10)11-3-9(12(15)16)13-18-11/h1-3,14H,4-5H2,(H,15,16). The molecular formula is C12H9NO5. The quantitative estimate of drug-likeness (QED) is 0.840. The Balaban J connectivity index is 2.08. The molecule has 0 atom stereocenters. The zero-order valence-corrected chi connectivity index (χ0v) is 9.21. The molecule has 1 aliphatic rings. The first kappa shape index (κ1) is 10.8. The number of rotatable bonds is 2. The van der Waals surface area contributed by atoms with Crippen molar-refractivity contribution in [1.29, 1.82) is 0 Å². The summed E-state index contributed by atoms with van der Waals surface area (Å²) in [7, 11) is 0. The van der Waals surface area contributed by atoms with Crippen LogP contribution in [0.15, 0.2) is 22.7 Å². The van der Waals surface area contributed by atoms with Gasteiger partial charge < -0.3 is 19.5 Å². The van der Waals surface area contributed by atoms with E-state index in [0.717, 1.165) is 11.1 Å². The maximum atomic E-state index is 10.7. The first-order valence-corrected chi connectivity index (χ1v) is 5.28. The normalized spacial score (nSPS) is 13.6. The second kappa shape index (κ2) is 3.85. The molecule has 18 heavy (non-hydrogen) atoms. The van der Waals surface area contributed by atoms with Crippen molar-refractivity contribution in [3.63, 3.8) is 0 Å². The SMILES string of the molecule is O=C(O)c1cc(-c2cc3c(cc2O)COC3)on1. The maximum Gasteiger partial charge on any atom is 0.358 e. The lowest BCUT2D eigenvalue weighted by Gasteiger charge is -2.03. The molecule has 0 bridgehead atoms. The molecule has 1 aromatic heterocycles. The number of carboxylic acids is 1. The van der Waals surface area contributed by atoms with Crippen LogP contribution in [0.1, 0.15) is 21.6 Å². The summed E-state index contributed by atoms with van der Waals surface area (Å²) in [4.78, 5) is 10.7. The third-order valence-corrected chi connectivity index (χ3v) is 2.83. The summed E-state index contributed by atoms with van der Waals surface area (Å²) in [5.41, 5.74) is 2.10. The van der Waals surface area contributed by atoms with Gasteiger partial charge in [-0.15, -0.1) is 0 Å². The van der Waals surface area contributed by atoms with Crippen LogP contribution in [0, 0.1) is 0 Å². The van der Waals surface area contributed by atoms with Crippen LogP contribution in [-0.2, 0) is 18.0 Å². The molecule has 92 valence electrons. The number of hydrogen-bond acceptors (Lipinski definition) is 5. The van der Waals surface area contributed by atoms with E-state index in [-0.39, 0.29) is 17.2 Å². The molecule has 1 aliphatic heterocycles. The molecule has 1 aromatic carbocycles. The van der Waals surface area contributed by atoms with E-state index in [9.17, 15) is 9.90 Å². The minimum atomic E-state index is -1.17. The van der Waals surface area contributed by atoms with Crippen molar-refractivity contribution >= 4 is 5.97 Å². The van der Waals surface area contributed by atoms with E-state index in [1.54, 1.807) is 12.1 Å². The molecule has 0 fully saturated rings. The third kappa shape index (κ3) is 1.63. The lowest BCUT2D eigenvalue weighted by Crippen LogP contribution is -1.94. The van der Waals surface area contributed by atoms with E-state index in [1.807, 2.05) is 0 Å². The van der Waals surface area contributed by atoms with E-state index in [1.165, 1.54) is 6.07 Å². The summed E-state index contributed by atoms with van der Waals surface area (Å²) >= 11 is 0. The van der Waals surface area contributed by atoms with Gasteiger partial charge in [0.1, 0.15) is 5.75 Å². The minimum Gasteiger partial charge on any atom is -0.507 e. The van der Waals surface area contributed by atoms with Crippen molar-refractivity contribution in [2.75, 3.05) is 0 Å². The maximum absolute atomic E-state index is 10.7. The Hall–Kier alpha value is -2.34. The highest BCUT2D eigenvalue weighted by molar-refractivity contribution is 5.86. The first-order chi connectivity index (χ1) is 8.65. The Morgan fingerprint density at radius 3 is 2.61 bits per heavy atom. The topological polar surface area (TPSA) is 92.8 Å². The van der Waals surface area contributed by atoms with Gasteiger partial charge in [0.15, 0.2) is 11.5 Å². The van der Waals surface area contributed by atoms with E-state index >= 15 is 0 Å². The highest BCUT2D eigenvalue weighted by Crippen LogP contribution is 2.35. The number of aromatic carboxylic acids is 1. The van der Waals surface area contributed by atoms with Gasteiger partial charge in [-0.05, 0) is 23.3 Å². The predicted molar refractivity (Wildman–Crippen MR) is 59.1 cm³/mol. The van der Waals surface area contributed by atoms with Crippen LogP contribution >= 0.6 is 0 Å². The van der Waals surface area contributed by atoms with Crippen LogP contribution in [0.4, 0.5) is 0 Å². The zero-order valence-electron chi connectivity index (χ0n) is 9.21. The minimum absolute atomic E-state index is 0.0207. The molecule has 6 nitrogen and oxygen atoms in total. The van der Waals surface area contributed by atoms with Crippen LogP contribution in [-0.4, -0.2) is 21.3 Å². The van der Waals surface area contributed by atoms with E-state index in [4.69, 9.17) is 14.4 Å². The number of benzene rings is 1. The highest BCUT2D eigenvalue weighted by Gasteiger charge is 2.19. The molecule has 0 amide bonds. The Morgan fingerprint density at radius 1 is 1.22 bits per heavy atom. The Kier molecular flexibility index (Phi) is 2.31. The van der Waals surface area contributed by atoms with Crippen LogP contribution in [0.25, 0.3) is 11.3 Å². The summed E-state index contributed by atoms with van der Waals surface area (Å²) in [6.07, 6.45) is 0. The number of fused-ring (bicyclic) bond motifs is 1. The van der Waals surface area contributed by atoms with E-state index < -0.39 is 5.97 Å². The third-order valence-electron chi connectivity index (χ3n) is 2.83. The number of aromatic hydroxyl groups is 1. The summed E-state index contributed by atoms with van der Waals surface area (Å²) in [6.45, 7) is 0.947. The van der Waals surface area contributed by atoms with Gasteiger partial charge in [0, 0.05) is 6.07 Å². The number of carboxylic acid groups (broad SMARTS) is 1. The van der Waals surface area contributed by atoms with Crippen molar-refractivity contribution in [3.05, 3.63) is 35.0 Å². The van der Waals surface area contributed by atoms with Gasteiger partial charge in [0.2, 0.25) is 0 Å². The number of carbonyl (C=O) groups is 1. The molecule has 0 unspecified atom stereocenters. The average Bonchev–Trinajstić information content (AvgIpc) is 2.94. The van der Waals surface area contributed by atoms with Crippen molar-refractivity contribution < 1.29 is 24.3 Å². The Labute approximate surface area is 101 Å². The van der Waals surface area contributed by atoms with Crippen molar-refractivity contribution in [3.8, 4) is 17.1 Å². The molecule has 2 aromatic rings. The second-order valence-corrected chi connectivity index (χ2v) is 4.01. The molecule has 0 saturated heterocycles. The van der Waals surface area contributed by atoms with E-state index in [2.05, 4.69) is 5.16 Å². The van der Waals surface area contributed by atoms with Gasteiger partial charge in [-0.3, -0.25) is 0 Å². The monoisotopic (exact) mass is 247 g/mol. The summed E-state index contributed by atoms with van der Waals surface area (Å²) in [5.74, 6) is -0.930. The van der Waals surface area contributed by atoms with Crippen molar-refractivity contribution in [2.45, 2.75) is 13.2 Å². The molecule has 2 N–H and O–H groups in total. The van der Waals surface area contributed by atoms with Crippen LogP contribution in [0.2, 0.25) is 0 Å². The van der Waals surface area contributed by atoms with Crippen LogP contribution < -0.4 is 0 Å². The fourth-order valence-electron chi connectivity index (χ4n) is 1.92. The molecule has 0 radical (unpaired) electrons. The number of hydrogen-bond donors (Lipinski definition) is 2. The van der Waals surface area contributed by atoms with Gasteiger partial charge in [0.25, 0.3) is 0 Å². The Morgan fingerprint density at radius 2 is 1.94 bits per heavy atom. The summed E-state index contributed by atoms with van der Waals surface area (Å²) < 4.78 is 10.2. The predicted octanol–water partition coefficient (Wildman–Crippen LogP) is 1.78. The Bertz CT molecular complexity index is 631. The molecule has 2 heterocycles.